The van der Waals surface area contributed by atoms with Gasteiger partial charge in [-0.15, -0.1) is 0 Å². The molecular weight excluding hydrogens is 192 g/mol. The van der Waals surface area contributed by atoms with Gasteiger partial charge in [0.05, 0.1) is 0 Å². The molecule has 2 fully saturated rings. The first-order chi connectivity index (χ1) is 7.61. The van der Waals surface area contributed by atoms with Crippen LogP contribution in [0.15, 0.2) is 0 Å². The van der Waals surface area contributed by atoms with Gasteiger partial charge < -0.3 is 0 Å². The lowest BCUT2D eigenvalue weighted by Gasteiger charge is -2.46. The molecule has 0 bridgehead atoms. The normalized spacial score (nSPS) is 46.9. The second-order valence-corrected chi connectivity index (χ2v) is 6.77. The monoisotopic (exact) mass is 222 g/mol. The average molecular weight is 222 g/mol. The van der Waals surface area contributed by atoms with Crippen LogP contribution in [0.25, 0.3) is 0 Å². The van der Waals surface area contributed by atoms with Crippen molar-refractivity contribution in [3.8, 4) is 0 Å². The summed E-state index contributed by atoms with van der Waals surface area (Å²) in [5.41, 5.74) is 0. The minimum absolute atomic E-state index is 0.912. The van der Waals surface area contributed by atoms with Crippen molar-refractivity contribution in [1.82, 2.24) is 0 Å². The molecule has 0 N–H and O–H groups in total. The van der Waals surface area contributed by atoms with Crippen molar-refractivity contribution >= 4 is 0 Å². The van der Waals surface area contributed by atoms with Gasteiger partial charge in [0, 0.05) is 0 Å². The van der Waals surface area contributed by atoms with Crippen molar-refractivity contribution in [2.24, 2.45) is 41.4 Å². The van der Waals surface area contributed by atoms with E-state index < -0.39 is 0 Å². The highest BCUT2D eigenvalue weighted by atomic mass is 14.6. The maximum atomic E-state index is 2.52. The zero-order valence-electron chi connectivity index (χ0n) is 11.9. The maximum absolute atomic E-state index is 2.52. The topological polar surface area (TPSA) is 0 Å². The summed E-state index contributed by atoms with van der Waals surface area (Å²) in [6, 6.07) is 0. The van der Waals surface area contributed by atoms with Gasteiger partial charge in [-0.2, -0.15) is 0 Å². The Morgan fingerprint density at radius 3 is 2.25 bits per heavy atom. The Balaban J connectivity index is 1.87. The molecule has 0 aliphatic heterocycles. The van der Waals surface area contributed by atoms with Crippen LogP contribution in [0.2, 0.25) is 0 Å². The van der Waals surface area contributed by atoms with Crippen LogP contribution in [-0.4, -0.2) is 0 Å². The molecule has 0 spiro atoms. The second kappa shape index (κ2) is 4.70. The van der Waals surface area contributed by atoms with Crippen molar-refractivity contribution in [3.05, 3.63) is 0 Å². The molecule has 16 heavy (non-hydrogen) atoms. The predicted molar refractivity (Wildman–Crippen MR) is 71.3 cm³/mol. The fraction of sp³-hybridized carbons (Fsp3) is 1.00. The smallest absolute Gasteiger partial charge is 0.0321 e. The summed E-state index contributed by atoms with van der Waals surface area (Å²) in [6.07, 6.45) is 5.87. The minimum Gasteiger partial charge on any atom is -0.0654 e. The minimum atomic E-state index is 0.912. The van der Waals surface area contributed by atoms with Crippen molar-refractivity contribution in [2.75, 3.05) is 0 Å². The van der Waals surface area contributed by atoms with E-state index in [-0.39, 0.29) is 0 Å². The molecule has 0 saturated heterocycles. The molecule has 6 atom stereocenters. The van der Waals surface area contributed by atoms with Crippen LogP contribution in [-0.2, 0) is 0 Å². The van der Waals surface area contributed by atoms with Crippen LogP contribution in [0.3, 0.4) is 0 Å². The molecule has 94 valence electrons. The zero-order valence-corrected chi connectivity index (χ0v) is 11.9. The van der Waals surface area contributed by atoms with Crippen molar-refractivity contribution < 1.29 is 0 Å². The lowest BCUT2D eigenvalue weighted by molar-refractivity contribution is 0.0265. The number of rotatable bonds is 5. The lowest BCUT2D eigenvalue weighted by atomic mass is 9.59. The van der Waals surface area contributed by atoms with Gasteiger partial charge in [-0.1, -0.05) is 53.9 Å². The molecule has 0 aromatic rings. The van der Waals surface area contributed by atoms with E-state index in [4.69, 9.17) is 0 Å². The molecule has 2 aliphatic rings. The molecule has 0 nitrogen and oxygen atoms in total. The highest BCUT2D eigenvalue weighted by Crippen LogP contribution is 2.63. The molecule has 0 heterocycles. The van der Waals surface area contributed by atoms with E-state index in [2.05, 4.69) is 34.6 Å². The third-order valence-electron chi connectivity index (χ3n) is 5.74. The molecular formula is C16H30. The lowest BCUT2D eigenvalue weighted by Crippen LogP contribution is -2.39. The summed E-state index contributed by atoms with van der Waals surface area (Å²) in [4.78, 5) is 0. The van der Waals surface area contributed by atoms with Crippen molar-refractivity contribution in [1.29, 1.82) is 0 Å². The van der Waals surface area contributed by atoms with Gasteiger partial charge in [0.1, 0.15) is 0 Å². The molecule has 0 heteroatoms. The Kier molecular flexibility index (Phi) is 3.66. The van der Waals surface area contributed by atoms with Gasteiger partial charge in [-0.05, 0) is 47.8 Å². The summed E-state index contributed by atoms with van der Waals surface area (Å²) in [7, 11) is 0. The van der Waals surface area contributed by atoms with Crippen LogP contribution >= 0.6 is 0 Å². The van der Waals surface area contributed by atoms with E-state index >= 15 is 0 Å². The average Bonchev–Trinajstić information content (AvgIpc) is 2.89. The van der Waals surface area contributed by atoms with E-state index in [1.807, 2.05) is 0 Å². The fourth-order valence-corrected chi connectivity index (χ4v) is 4.68. The molecule has 2 rings (SSSR count). The van der Waals surface area contributed by atoms with Gasteiger partial charge in [-0.25, -0.2) is 0 Å². The van der Waals surface area contributed by atoms with E-state index in [0.29, 0.717) is 0 Å². The predicted octanol–water partition coefficient (Wildman–Crippen LogP) is 4.99. The van der Waals surface area contributed by atoms with Crippen LogP contribution < -0.4 is 0 Å². The molecule has 2 aliphatic carbocycles. The third kappa shape index (κ3) is 1.93. The number of hydrogen-bond donors (Lipinski definition) is 0. The van der Waals surface area contributed by atoms with Gasteiger partial charge >= 0.3 is 0 Å². The molecule has 6 unspecified atom stereocenters. The van der Waals surface area contributed by atoms with E-state index in [9.17, 15) is 0 Å². The Labute approximate surface area is 102 Å². The van der Waals surface area contributed by atoms with Crippen LogP contribution in [0, 0.1) is 41.4 Å². The molecule has 0 aromatic heterocycles. The van der Waals surface area contributed by atoms with E-state index in [1.165, 1.54) is 19.3 Å². The van der Waals surface area contributed by atoms with Crippen LogP contribution in [0.5, 0.6) is 0 Å². The van der Waals surface area contributed by atoms with Gasteiger partial charge in [-0.3, -0.25) is 0 Å². The molecule has 2 saturated carbocycles. The first-order valence-electron chi connectivity index (χ1n) is 7.61. The SMILES string of the molecule is CCCC1C(CC)C1C1CC(C(C)C)C1C. The maximum Gasteiger partial charge on any atom is -0.0321 e. The number of hydrogen-bond acceptors (Lipinski definition) is 0. The Bertz CT molecular complexity index is 230. The summed E-state index contributed by atoms with van der Waals surface area (Å²) in [6.45, 7) is 12.1. The largest absolute Gasteiger partial charge is 0.0654 e. The van der Waals surface area contributed by atoms with Gasteiger partial charge in [0.25, 0.3) is 0 Å². The summed E-state index contributed by atoms with van der Waals surface area (Å²) < 4.78 is 0. The van der Waals surface area contributed by atoms with Crippen LogP contribution in [0.1, 0.15) is 60.3 Å². The summed E-state index contributed by atoms with van der Waals surface area (Å²) >= 11 is 0. The zero-order chi connectivity index (χ0) is 11.9. The summed E-state index contributed by atoms with van der Waals surface area (Å²) in [5.74, 6) is 7.38. The second-order valence-electron chi connectivity index (χ2n) is 6.77. The Morgan fingerprint density at radius 2 is 1.81 bits per heavy atom. The van der Waals surface area contributed by atoms with E-state index in [0.717, 1.165) is 41.4 Å². The van der Waals surface area contributed by atoms with Gasteiger partial charge in [0.15, 0.2) is 0 Å². The molecule has 0 aromatic carbocycles. The third-order valence-corrected chi connectivity index (χ3v) is 5.74. The first-order valence-corrected chi connectivity index (χ1v) is 7.61. The standard InChI is InChI=1S/C16H30/c1-6-8-13-12(7-2)16(13)15-9-14(10(3)4)11(15)5/h10-16H,6-9H2,1-5H3. The van der Waals surface area contributed by atoms with Crippen LogP contribution in [0.4, 0.5) is 0 Å². The Morgan fingerprint density at radius 1 is 1.12 bits per heavy atom. The van der Waals surface area contributed by atoms with Crippen molar-refractivity contribution in [3.63, 3.8) is 0 Å². The highest BCUT2D eigenvalue weighted by molar-refractivity contribution is 5.05. The fourth-order valence-electron chi connectivity index (χ4n) is 4.68. The van der Waals surface area contributed by atoms with Gasteiger partial charge in [0.2, 0.25) is 0 Å². The molecule has 0 amide bonds. The highest BCUT2D eigenvalue weighted by Gasteiger charge is 2.57. The molecule has 0 radical (unpaired) electrons. The van der Waals surface area contributed by atoms with Crippen molar-refractivity contribution in [2.45, 2.75) is 60.3 Å². The summed E-state index contributed by atoms with van der Waals surface area (Å²) in [5, 5.41) is 0. The first kappa shape index (κ1) is 12.5. The van der Waals surface area contributed by atoms with E-state index in [1.54, 1.807) is 6.42 Å². The quantitative estimate of drug-likeness (QED) is 0.615. The Hall–Kier alpha value is 0.